The molecule has 0 aromatic heterocycles. The number of nitrogens with one attached hydrogen (secondary N) is 1. The molecular formula is C15H16F2N2O2. The molecular weight excluding hydrogens is 278 g/mol. The molecule has 4 nitrogen and oxygen atoms in total. The van der Waals surface area contributed by atoms with Crippen LogP contribution in [0.15, 0.2) is 18.2 Å². The summed E-state index contributed by atoms with van der Waals surface area (Å²) in [5, 5.41) is 2.75. The van der Waals surface area contributed by atoms with Gasteiger partial charge in [0.25, 0.3) is 5.91 Å². The molecule has 1 N–H and O–H groups in total. The number of halogens is 2. The number of anilines is 1. The summed E-state index contributed by atoms with van der Waals surface area (Å²) in [6.07, 6.45) is 1.77. The fourth-order valence-electron chi connectivity index (χ4n) is 2.86. The van der Waals surface area contributed by atoms with E-state index in [1.807, 2.05) is 0 Å². The lowest BCUT2D eigenvalue weighted by molar-refractivity contribution is -0.130. The van der Waals surface area contributed by atoms with Gasteiger partial charge in [-0.25, -0.2) is 8.78 Å². The lowest BCUT2D eigenvalue weighted by Crippen LogP contribution is -2.57. The van der Waals surface area contributed by atoms with E-state index in [-0.39, 0.29) is 36.4 Å². The van der Waals surface area contributed by atoms with E-state index in [0.29, 0.717) is 0 Å². The molecule has 1 saturated carbocycles. The van der Waals surface area contributed by atoms with Crippen LogP contribution in [0.3, 0.4) is 0 Å². The summed E-state index contributed by atoms with van der Waals surface area (Å²) < 4.78 is 27.3. The van der Waals surface area contributed by atoms with Crippen LogP contribution in [0, 0.1) is 17.6 Å². The van der Waals surface area contributed by atoms with Crippen LogP contribution in [0.4, 0.5) is 14.5 Å². The van der Waals surface area contributed by atoms with E-state index >= 15 is 0 Å². The Morgan fingerprint density at radius 3 is 2.67 bits per heavy atom. The van der Waals surface area contributed by atoms with Crippen LogP contribution < -0.4 is 10.2 Å². The SMILES string of the molecule is CC1(C2CC2)NC(=O)CCN(c2cc(F)ccc2F)C1=O. The van der Waals surface area contributed by atoms with Gasteiger partial charge in [0, 0.05) is 19.0 Å². The normalized spacial score (nSPS) is 26.5. The molecule has 2 fully saturated rings. The lowest BCUT2D eigenvalue weighted by Gasteiger charge is -2.32. The average molecular weight is 294 g/mol. The Labute approximate surface area is 121 Å². The van der Waals surface area contributed by atoms with Gasteiger partial charge in [-0.15, -0.1) is 0 Å². The fourth-order valence-corrected chi connectivity index (χ4v) is 2.86. The van der Waals surface area contributed by atoms with Crippen LogP contribution in [0.1, 0.15) is 26.2 Å². The third-order valence-corrected chi connectivity index (χ3v) is 4.24. The van der Waals surface area contributed by atoms with Gasteiger partial charge in [0.15, 0.2) is 0 Å². The second kappa shape index (κ2) is 4.79. The van der Waals surface area contributed by atoms with Crippen molar-refractivity contribution < 1.29 is 18.4 Å². The molecule has 1 heterocycles. The monoisotopic (exact) mass is 294 g/mol. The first-order valence-corrected chi connectivity index (χ1v) is 7.00. The van der Waals surface area contributed by atoms with Crippen LogP contribution >= 0.6 is 0 Å². The molecule has 1 aromatic rings. The van der Waals surface area contributed by atoms with Gasteiger partial charge >= 0.3 is 0 Å². The summed E-state index contributed by atoms with van der Waals surface area (Å²) in [4.78, 5) is 25.8. The molecule has 2 amide bonds. The molecule has 3 rings (SSSR count). The maximum Gasteiger partial charge on any atom is 0.252 e. The smallest absolute Gasteiger partial charge is 0.252 e. The van der Waals surface area contributed by atoms with E-state index < -0.39 is 17.2 Å². The Balaban J connectivity index is 2.02. The van der Waals surface area contributed by atoms with E-state index in [1.54, 1.807) is 6.92 Å². The van der Waals surface area contributed by atoms with Crippen molar-refractivity contribution in [3.8, 4) is 0 Å². The number of hydrogen-bond acceptors (Lipinski definition) is 2. The van der Waals surface area contributed by atoms with E-state index in [4.69, 9.17) is 0 Å². The number of rotatable bonds is 2. The Kier molecular flexibility index (Phi) is 3.19. The predicted molar refractivity (Wildman–Crippen MR) is 72.6 cm³/mol. The quantitative estimate of drug-likeness (QED) is 0.907. The van der Waals surface area contributed by atoms with E-state index in [9.17, 15) is 18.4 Å². The molecule has 2 aliphatic rings. The molecule has 1 unspecified atom stereocenters. The lowest BCUT2D eigenvalue weighted by atomic mass is 9.94. The minimum atomic E-state index is -1.04. The second-order valence-electron chi connectivity index (χ2n) is 5.83. The van der Waals surface area contributed by atoms with Gasteiger partial charge in [-0.05, 0) is 37.8 Å². The van der Waals surface area contributed by atoms with E-state index in [0.717, 1.165) is 31.0 Å². The number of benzene rings is 1. The highest BCUT2D eigenvalue weighted by atomic mass is 19.1. The Morgan fingerprint density at radius 1 is 1.29 bits per heavy atom. The first-order valence-electron chi connectivity index (χ1n) is 7.00. The summed E-state index contributed by atoms with van der Waals surface area (Å²) in [5.41, 5.74) is -1.14. The Bertz CT molecular complexity index is 616. The third-order valence-electron chi connectivity index (χ3n) is 4.24. The topological polar surface area (TPSA) is 49.4 Å². The maximum absolute atomic E-state index is 14.0. The van der Waals surface area contributed by atoms with Gasteiger partial charge in [0.05, 0.1) is 5.69 Å². The van der Waals surface area contributed by atoms with Crippen LogP contribution in [0.25, 0.3) is 0 Å². The summed E-state index contributed by atoms with van der Waals surface area (Å²) >= 11 is 0. The standard InChI is InChI=1S/C15H16F2N2O2/c1-15(9-2-3-9)14(21)19(7-6-13(20)18-15)12-8-10(16)4-5-11(12)17/h4-5,8-9H,2-3,6-7H2,1H3,(H,18,20). The van der Waals surface area contributed by atoms with Crippen molar-refractivity contribution >= 4 is 17.5 Å². The van der Waals surface area contributed by atoms with E-state index in [1.165, 1.54) is 4.90 Å². The molecule has 0 radical (unpaired) electrons. The van der Waals surface area contributed by atoms with Crippen molar-refractivity contribution in [1.82, 2.24) is 5.32 Å². The number of hydrogen-bond donors (Lipinski definition) is 1. The van der Waals surface area contributed by atoms with Gasteiger partial charge < -0.3 is 10.2 Å². The largest absolute Gasteiger partial charge is 0.342 e. The molecule has 1 saturated heterocycles. The zero-order valence-electron chi connectivity index (χ0n) is 11.7. The first-order chi connectivity index (χ1) is 9.91. The maximum atomic E-state index is 14.0. The predicted octanol–water partition coefficient (Wildman–Crippen LogP) is 1.99. The van der Waals surface area contributed by atoms with Gasteiger partial charge in [0.1, 0.15) is 17.2 Å². The number of amides is 2. The first kappa shape index (κ1) is 14.0. The Morgan fingerprint density at radius 2 is 2.00 bits per heavy atom. The molecule has 21 heavy (non-hydrogen) atoms. The summed E-state index contributed by atoms with van der Waals surface area (Å²) in [6, 6.07) is 2.99. The van der Waals surface area contributed by atoms with Gasteiger partial charge in [-0.2, -0.15) is 0 Å². The third kappa shape index (κ3) is 2.39. The molecule has 1 aliphatic heterocycles. The van der Waals surface area contributed by atoms with Crippen molar-refractivity contribution in [2.75, 3.05) is 11.4 Å². The highest BCUT2D eigenvalue weighted by Crippen LogP contribution is 2.42. The molecule has 1 aromatic carbocycles. The van der Waals surface area contributed by atoms with Crippen molar-refractivity contribution in [3.63, 3.8) is 0 Å². The van der Waals surface area contributed by atoms with Gasteiger partial charge in [0.2, 0.25) is 5.91 Å². The zero-order chi connectivity index (χ0) is 15.2. The molecule has 6 heteroatoms. The molecule has 1 aliphatic carbocycles. The number of carbonyl (C=O) groups is 2. The van der Waals surface area contributed by atoms with Crippen molar-refractivity contribution in [2.24, 2.45) is 5.92 Å². The minimum absolute atomic E-state index is 0.0490. The van der Waals surface area contributed by atoms with Crippen molar-refractivity contribution in [2.45, 2.75) is 31.7 Å². The van der Waals surface area contributed by atoms with Crippen LogP contribution in [0.5, 0.6) is 0 Å². The minimum Gasteiger partial charge on any atom is -0.342 e. The zero-order valence-corrected chi connectivity index (χ0v) is 11.7. The van der Waals surface area contributed by atoms with Gasteiger partial charge in [-0.1, -0.05) is 0 Å². The average Bonchev–Trinajstić information content (AvgIpc) is 3.26. The number of nitrogens with zero attached hydrogens (tertiary/aromatic N) is 1. The van der Waals surface area contributed by atoms with E-state index in [2.05, 4.69) is 5.32 Å². The van der Waals surface area contributed by atoms with Crippen molar-refractivity contribution in [3.05, 3.63) is 29.8 Å². The summed E-state index contributed by atoms with van der Waals surface area (Å²) in [5.74, 6) is -1.84. The van der Waals surface area contributed by atoms with Gasteiger partial charge in [-0.3, -0.25) is 9.59 Å². The second-order valence-corrected chi connectivity index (χ2v) is 5.83. The van der Waals surface area contributed by atoms with Crippen LogP contribution in [-0.4, -0.2) is 23.9 Å². The molecule has 0 bridgehead atoms. The molecule has 112 valence electrons. The Hall–Kier alpha value is -1.98. The number of carbonyl (C=O) groups excluding carboxylic acids is 2. The van der Waals surface area contributed by atoms with Crippen molar-refractivity contribution in [1.29, 1.82) is 0 Å². The highest BCUT2D eigenvalue weighted by Gasteiger charge is 2.51. The van der Waals surface area contributed by atoms with Crippen LogP contribution in [0.2, 0.25) is 0 Å². The fraction of sp³-hybridized carbons (Fsp3) is 0.467. The summed E-state index contributed by atoms with van der Waals surface area (Å²) in [6.45, 7) is 1.72. The molecule has 1 atom stereocenters. The molecule has 0 spiro atoms. The summed E-state index contributed by atoms with van der Waals surface area (Å²) in [7, 11) is 0. The highest BCUT2D eigenvalue weighted by molar-refractivity contribution is 6.04. The van der Waals surface area contributed by atoms with Crippen LogP contribution in [-0.2, 0) is 9.59 Å².